The van der Waals surface area contributed by atoms with Crippen LogP contribution in [0.3, 0.4) is 0 Å². The highest BCUT2D eigenvalue weighted by Crippen LogP contribution is 2.10. The molecule has 0 amide bonds. The summed E-state index contributed by atoms with van der Waals surface area (Å²) < 4.78 is 0. The summed E-state index contributed by atoms with van der Waals surface area (Å²) in [5.41, 5.74) is 0. The van der Waals surface area contributed by atoms with Crippen molar-refractivity contribution >= 4 is 11.3 Å². The van der Waals surface area contributed by atoms with Crippen LogP contribution in [0, 0.1) is 6.92 Å². The molecular weight excluding hydrogens is 178 g/mol. The first-order valence-corrected chi connectivity index (χ1v) is 5.97. The molecule has 1 rings (SSSR count). The summed E-state index contributed by atoms with van der Waals surface area (Å²) >= 11 is 1.78. The van der Waals surface area contributed by atoms with E-state index in [4.69, 9.17) is 0 Å². The van der Waals surface area contributed by atoms with E-state index in [2.05, 4.69) is 32.7 Å². The third kappa shape index (κ3) is 9.54. The number of rotatable bonds is 1. The van der Waals surface area contributed by atoms with E-state index in [9.17, 15) is 0 Å². The van der Waals surface area contributed by atoms with E-state index in [1.54, 1.807) is 11.3 Å². The van der Waals surface area contributed by atoms with E-state index >= 15 is 0 Å². The minimum absolute atomic E-state index is 1.07. The lowest BCUT2D eigenvalue weighted by atomic mass is 10.5. The molecule has 78 valence electrons. The second kappa shape index (κ2) is 11.6. The van der Waals surface area contributed by atoms with Crippen molar-refractivity contribution in [3.63, 3.8) is 0 Å². The summed E-state index contributed by atoms with van der Waals surface area (Å²) in [6.45, 7) is 12.5. The number of thiazole rings is 1. The average Bonchev–Trinajstić information content (AvgIpc) is 2.56. The molecule has 0 aromatic carbocycles. The van der Waals surface area contributed by atoms with E-state index in [1.807, 2.05) is 20.0 Å². The second-order valence-electron chi connectivity index (χ2n) is 2.43. The molecule has 0 aliphatic heterocycles. The van der Waals surface area contributed by atoms with Crippen LogP contribution in [0.15, 0.2) is 6.20 Å². The molecular formula is C11H23NS. The van der Waals surface area contributed by atoms with Gasteiger partial charge in [-0.2, -0.15) is 0 Å². The summed E-state index contributed by atoms with van der Waals surface area (Å²) in [5, 5.41) is 1.24. The Hall–Kier alpha value is -0.370. The predicted molar refractivity (Wildman–Crippen MR) is 63.5 cm³/mol. The average molecular weight is 201 g/mol. The topological polar surface area (TPSA) is 12.9 Å². The molecule has 0 saturated heterocycles. The fourth-order valence-electron chi connectivity index (χ4n) is 0.565. The van der Waals surface area contributed by atoms with Crippen LogP contribution >= 0.6 is 11.3 Å². The fourth-order valence-corrected chi connectivity index (χ4v) is 1.29. The van der Waals surface area contributed by atoms with E-state index in [0.29, 0.717) is 0 Å². The van der Waals surface area contributed by atoms with Crippen LogP contribution in [0.25, 0.3) is 0 Å². The maximum absolute atomic E-state index is 4.15. The first-order valence-electron chi connectivity index (χ1n) is 5.15. The highest BCUT2D eigenvalue weighted by molar-refractivity contribution is 7.11. The van der Waals surface area contributed by atoms with Crippen LogP contribution in [0.5, 0.6) is 0 Å². The first kappa shape index (κ1) is 15.1. The quantitative estimate of drug-likeness (QED) is 0.654. The largest absolute Gasteiger partial charge is 0.249 e. The van der Waals surface area contributed by atoms with Gasteiger partial charge in [0.25, 0.3) is 0 Å². The first-order chi connectivity index (χ1) is 6.24. The number of nitrogens with zero attached hydrogens (tertiary/aromatic N) is 1. The summed E-state index contributed by atoms with van der Waals surface area (Å²) in [6, 6.07) is 0. The molecule has 1 aromatic heterocycles. The standard InChI is InChI=1S/C6H9NS.C3H8.C2H6/c1-3-6-7-4-5(2)8-6;1-3-2;1-2/h4H,3H2,1-2H3;3H2,1-2H3;1-2H3. The van der Waals surface area contributed by atoms with Crippen molar-refractivity contribution < 1.29 is 0 Å². The Morgan fingerprint density at radius 3 is 1.85 bits per heavy atom. The Morgan fingerprint density at radius 2 is 1.69 bits per heavy atom. The zero-order chi connectivity index (χ0) is 10.7. The van der Waals surface area contributed by atoms with Gasteiger partial charge >= 0.3 is 0 Å². The van der Waals surface area contributed by atoms with Gasteiger partial charge in [-0.3, -0.25) is 0 Å². The molecule has 0 saturated carbocycles. The van der Waals surface area contributed by atoms with Gasteiger partial charge in [-0.25, -0.2) is 4.98 Å². The van der Waals surface area contributed by atoms with Crippen molar-refractivity contribution in [3.8, 4) is 0 Å². The Morgan fingerprint density at radius 1 is 1.23 bits per heavy atom. The van der Waals surface area contributed by atoms with E-state index in [1.165, 1.54) is 16.3 Å². The summed E-state index contributed by atoms with van der Waals surface area (Å²) in [4.78, 5) is 5.46. The minimum Gasteiger partial charge on any atom is -0.249 e. The number of hydrogen-bond acceptors (Lipinski definition) is 2. The van der Waals surface area contributed by atoms with Gasteiger partial charge < -0.3 is 0 Å². The van der Waals surface area contributed by atoms with E-state index < -0.39 is 0 Å². The van der Waals surface area contributed by atoms with Crippen LogP contribution in [0.2, 0.25) is 0 Å². The maximum Gasteiger partial charge on any atom is 0.0924 e. The van der Waals surface area contributed by atoms with Crippen LogP contribution in [-0.4, -0.2) is 4.98 Å². The molecule has 0 N–H and O–H groups in total. The number of aryl methyl sites for hydroxylation is 2. The molecule has 0 spiro atoms. The zero-order valence-corrected chi connectivity index (χ0v) is 10.7. The van der Waals surface area contributed by atoms with Crippen molar-refractivity contribution in [2.75, 3.05) is 0 Å². The van der Waals surface area contributed by atoms with Crippen LogP contribution in [0.4, 0.5) is 0 Å². The lowest BCUT2D eigenvalue weighted by Gasteiger charge is -1.78. The van der Waals surface area contributed by atoms with Gasteiger partial charge in [0.15, 0.2) is 0 Å². The minimum atomic E-state index is 1.07. The van der Waals surface area contributed by atoms with Gasteiger partial charge in [-0.15, -0.1) is 11.3 Å². The van der Waals surface area contributed by atoms with E-state index in [0.717, 1.165) is 6.42 Å². The Balaban J connectivity index is 0. The van der Waals surface area contributed by atoms with E-state index in [-0.39, 0.29) is 0 Å². The number of hydrogen-bond donors (Lipinski definition) is 0. The monoisotopic (exact) mass is 201 g/mol. The molecule has 0 atom stereocenters. The van der Waals surface area contributed by atoms with Gasteiger partial charge in [-0.05, 0) is 13.3 Å². The molecule has 13 heavy (non-hydrogen) atoms. The fraction of sp³-hybridized carbons (Fsp3) is 0.727. The second-order valence-corrected chi connectivity index (χ2v) is 3.74. The zero-order valence-electron chi connectivity index (χ0n) is 9.85. The summed E-state index contributed by atoms with van der Waals surface area (Å²) in [7, 11) is 0. The molecule has 0 unspecified atom stereocenters. The molecule has 2 heteroatoms. The van der Waals surface area contributed by atoms with Crippen molar-refractivity contribution in [1.82, 2.24) is 4.98 Å². The van der Waals surface area contributed by atoms with Gasteiger partial charge in [0.05, 0.1) is 5.01 Å². The Kier molecular flexibility index (Phi) is 13.5. The normalized spacial score (nSPS) is 7.85. The summed E-state index contributed by atoms with van der Waals surface area (Å²) in [6.07, 6.45) is 4.24. The van der Waals surface area contributed by atoms with Crippen molar-refractivity contribution in [2.45, 2.75) is 54.4 Å². The SMILES string of the molecule is CC.CCC.CCc1ncc(C)s1. The van der Waals surface area contributed by atoms with Gasteiger partial charge in [-0.1, -0.05) is 41.0 Å². The molecule has 0 aliphatic rings. The van der Waals surface area contributed by atoms with Crippen LogP contribution in [-0.2, 0) is 6.42 Å². The van der Waals surface area contributed by atoms with Crippen LogP contribution < -0.4 is 0 Å². The molecule has 0 radical (unpaired) electrons. The molecule has 0 aliphatic carbocycles. The lowest BCUT2D eigenvalue weighted by molar-refractivity contribution is 1.09. The number of aromatic nitrogens is 1. The molecule has 1 heterocycles. The van der Waals surface area contributed by atoms with Gasteiger partial charge in [0, 0.05) is 11.1 Å². The highest BCUT2D eigenvalue weighted by Gasteiger charge is 1.91. The maximum atomic E-state index is 4.15. The molecule has 1 aromatic rings. The highest BCUT2D eigenvalue weighted by atomic mass is 32.1. The van der Waals surface area contributed by atoms with Crippen molar-refractivity contribution in [2.24, 2.45) is 0 Å². The lowest BCUT2D eigenvalue weighted by Crippen LogP contribution is -1.70. The molecule has 0 fully saturated rings. The smallest absolute Gasteiger partial charge is 0.0924 e. The Labute approximate surface area is 87.2 Å². The third-order valence-electron chi connectivity index (χ3n) is 0.972. The van der Waals surface area contributed by atoms with Crippen LogP contribution in [0.1, 0.15) is 50.9 Å². The van der Waals surface area contributed by atoms with Crippen molar-refractivity contribution in [3.05, 3.63) is 16.1 Å². The third-order valence-corrected chi connectivity index (χ3v) is 2.03. The van der Waals surface area contributed by atoms with Crippen molar-refractivity contribution in [1.29, 1.82) is 0 Å². The molecule has 1 nitrogen and oxygen atoms in total. The summed E-state index contributed by atoms with van der Waals surface area (Å²) in [5.74, 6) is 0. The predicted octanol–water partition coefficient (Wildman–Crippen LogP) is 4.46. The molecule has 0 bridgehead atoms. The Bertz CT molecular complexity index is 182. The van der Waals surface area contributed by atoms with Gasteiger partial charge in [0.1, 0.15) is 0 Å². The van der Waals surface area contributed by atoms with Gasteiger partial charge in [0.2, 0.25) is 0 Å².